The summed E-state index contributed by atoms with van der Waals surface area (Å²) in [4.78, 5) is 10.5. The van der Waals surface area contributed by atoms with E-state index in [4.69, 9.17) is 0 Å². The van der Waals surface area contributed by atoms with Crippen molar-refractivity contribution in [3.63, 3.8) is 0 Å². The number of carbonyl (C=O) groups is 1. The Labute approximate surface area is 67.0 Å². The van der Waals surface area contributed by atoms with Gasteiger partial charge in [-0.2, -0.15) is 0 Å². The van der Waals surface area contributed by atoms with Gasteiger partial charge in [0.15, 0.2) is 0 Å². The quantitative estimate of drug-likeness (QED) is 0.603. The second-order valence-corrected chi connectivity index (χ2v) is 2.70. The van der Waals surface area contributed by atoms with Crippen molar-refractivity contribution in [2.75, 3.05) is 13.6 Å². The van der Waals surface area contributed by atoms with Crippen LogP contribution in [-0.4, -0.2) is 19.9 Å². The number of carbonyl (C=O) groups excluding carboxylic acids is 1. The van der Waals surface area contributed by atoms with Crippen LogP contribution in [0.15, 0.2) is 24.3 Å². The smallest absolute Gasteiger partial charge is 0.127 e. The Morgan fingerprint density at radius 2 is 2.18 bits per heavy atom. The van der Waals surface area contributed by atoms with E-state index in [0.29, 0.717) is 5.92 Å². The summed E-state index contributed by atoms with van der Waals surface area (Å²) >= 11 is 0. The largest absolute Gasteiger partial charge is 0.319 e. The summed E-state index contributed by atoms with van der Waals surface area (Å²) in [7, 11) is 1.90. The zero-order chi connectivity index (χ0) is 8.10. The van der Waals surface area contributed by atoms with Gasteiger partial charge in [-0.1, -0.05) is 24.3 Å². The average Bonchev–Trinajstić information content (AvgIpc) is 2.06. The molecule has 1 rings (SSSR count). The Hall–Kier alpha value is -0.890. The zero-order valence-electron chi connectivity index (χ0n) is 6.66. The van der Waals surface area contributed by atoms with Crippen LogP contribution in [0.4, 0.5) is 0 Å². The van der Waals surface area contributed by atoms with Gasteiger partial charge in [0.1, 0.15) is 6.29 Å². The molecular formula is C9H13NO. The molecule has 0 fully saturated rings. The molecule has 0 bridgehead atoms. The first-order valence-electron chi connectivity index (χ1n) is 3.83. The van der Waals surface area contributed by atoms with Crippen molar-refractivity contribution in [3.8, 4) is 0 Å². The minimum absolute atomic E-state index is 0.0625. The number of hydrogen-bond acceptors (Lipinski definition) is 2. The lowest BCUT2D eigenvalue weighted by molar-refractivity contribution is -0.110. The normalized spacial score (nSPS) is 28.8. The molecule has 1 aliphatic carbocycles. The average molecular weight is 151 g/mol. The molecule has 11 heavy (non-hydrogen) atoms. The minimum atomic E-state index is 0.0625. The molecule has 2 nitrogen and oxygen atoms in total. The first-order valence-corrected chi connectivity index (χ1v) is 3.83. The van der Waals surface area contributed by atoms with Gasteiger partial charge in [-0.15, -0.1) is 0 Å². The Balaban J connectivity index is 2.55. The SMILES string of the molecule is CNCC1C=CC=CC1C=O. The summed E-state index contributed by atoms with van der Waals surface area (Å²) in [5.74, 6) is 0.398. The van der Waals surface area contributed by atoms with Gasteiger partial charge in [0.05, 0.1) is 0 Å². The lowest BCUT2D eigenvalue weighted by atomic mass is 9.90. The van der Waals surface area contributed by atoms with E-state index < -0.39 is 0 Å². The fourth-order valence-corrected chi connectivity index (χ4v) is 1.26. The highest BCUT2D eigenvalue weighted by Gasteiger charge is 2.16. The molecule has 0 radical (unpaired) electrons. The molecule has 0 aromatic heterocycles. The van der Waals surface area contributed by atoms with Crippen molar-refractivity contribution in [2.24, 2.45) is 11.8 Å². The summed E-state index contributed by atoms with van der Waals surface area (Å²) in [6.45, 7) is 0.865. The van der Waals surface area contributed by atoms with Crippen molar-refractivity contribution < 1.29 is 4.79 Å². The van der Waals surface area contributed by atoms with E-state index in [1.54, 1.807) is 0 Å². The van der Waals surface area contributed by atoms with Gasteiger partial charge in [0, 0.05) is 18.4 Å². The molecule has 0 spiro atoms. The summed E-state index contributed by atoms with van der Waals surface area (Å²) in [6, 6.07) is 0. The second-order valence-electron chi connectivity index (χ2n) is 2.70. The van der Waals surface area contributed by atoms with Crippen molar-refractivity contribution in [3.05, 3.63) is 24.3 Å². The topological polar surface area (TPSA) is 29.1 Å². The molecular weight excluding hydrogens is 138 g/mol. The second kappa shape index (κ2) is 4.09. The number of hydrogen-bond donors (Lipinski definition) is 1. The maximum atomic E-state index is 10.5. The third-order valence-electron chi connectivity index (χ3n) is 1.89. The maximum Gasteiger partial charge on any atom is 0.127 e. The van der Waals surface area contributed by atoms with Crippen LogP contribution in [0.1, 0.15) is 0 Å². The molecule has 0 aromatic rings. The lowest BCUT2D eigenvalue weighted by Gasteiger charge is -2.18. The monoisotopic (exact) mass is 151 g/mol. The molecule has 0 heterocycles. The molecule has 0 saturated carbocycles. The van der Waals surface area contributed by atoms with Crippen LogP contribution in [0.3, 0.4) is 0 Å². The van der Waals surface area contributed by atoms with Gasteiger partial charge >= 0.3 is 0 Å². The van der Waals surface area contributed by atoms with Crippen LogP contribution in [0.5, 0.6) is 0 Å². The van der Waals surface area contributed by atoms with Gasteiger partial charge in [0.2, 0.25) is 0 Å². The molecule has 0 amide bonds. The van der Waals surface area contributed by atoms with E-state index >= 15 is 0 Å². The van der Waals surface area contributed by atoms with E-state index in [2.05, 4.69) is 11.4 Å². The summed E-state index contributed by atoms with van der Waals surface area (Å²) in [6.07, 6.45) is 8.92. The highest BCUT2D eigenvalue weighted by molar-refractivity contribution is 5.58. The summed E-state index contributed by atoms with van der Waals surface area (Å²) < 4.78 is 0. The predicted octanol–water partition coefficient (Wildman–Crippen LogP) is 0.763. The predicted molar refractivity (Wildman–Crippen MR) is 45.3 cm³/mol. The molecule has 0 saturated heterocycles. The standard InChI is InChI=1S/C9H13NO/c1-10-6-8-4-2-3-5-9(8)7-11/h2-5,7-10H,6H2,1H3. The van der Waals surface area contributed by atoms with Gasteiger partial charge in [0.25, 0.3) is 0 Å². The molecule has 2 atom stereocenters. The number of rotatable bonds is 3. The van der Waals surface area contributed by atoms with Crippen LogP contribution >= 0.6 is 0 Å². The fourth-order valence-electron chi connectivity index (χ4n) is 1.26. The van der Waals surface area contributed by atoms with Gasteiger partial charge in [-0.05, 0) is 7.05 Å². The van der Waals surface area contributed by atoms with E-state index in [0.717, 1.165) is 12.8 Å². The van der Waals surface area contributed by atoms with Crippen molar-refractivity contribution in [2.45, 2.75) is 0 Å². The first kappa shape index (κ1) is 8.21. The molecule has 60 valence electrons. The lowest BCUT2D eigenvalue weighted by Crippen LogP contribution is -2.25. The van der Waals surface area contributed by atoms with E-state index in [-0.39, 0.29) is 5.92 Å². The van der Waals surface area contributed by atoms with Crippen molar-refractivity contribution in [1.82, 2.24) is 5.32 Å². The molecule has 1 N–H and O–H groups in total. The Bertz CT molecular complexity index is 184. The van der Waals surface area contributed by atoms with Crippen LogP contribution in [-0.2, 0) is 4.79 Å². The van der Waals surface area contributed by atoms with Crippen molar-refractivity contribution >= 4 is 6.29 Å². The number of allylic oxidation sites excluding steroid dienone is 3. The zero-order valence-corrected chi connectivity index (χ0v) is 6.66. The highest BCUT2D eigenvalue weighted by atomic mass is 16.1. The molecule has 0 aliphatic heterocycles. The van der Waals surface area contributed by atoms with Gasteiger partial charge in [-0.3, -0.25) is 0 Å². The van der Waals surface area contributed by atoms with E-state index in [1.807, 2.05) is 25.3 Å². The highest BCUT2D eigenvalue weighted by Crippen LogP contribution is 2.16. The summed E-state index contributed by atoms with van der Waals surface area (Å²) in [5, 5.41) is 3.06. The van der Waals surface area contributed by atoms with Crippen LogP contribution < -0.4 is 5.32 Å². The van der Waals surface area contributed by atoms with Gasteiger partial charge in [-0.25, -0.2) is 0 Å². The van der Waals surface area contributed by atoms with E-state index in [1.165, 1.54) is 0 Å². The fraction of sp³-hybridized carbons (Fsp3) is 0.444. The maximum absolute atomic E-state index is 10.5. The molecule has 2 heteroatoms. The third-order valence-corrected chi connectivity index (χ3v) is 1.89. The molecule has 2 unspecified atom stereocenters. The summed E-state index contributed by atoms with van der Waals surface area (Å²) in [5.41, 5.74) is 0. The Morgan fingerprint density at radius 3 is 2.82 bits per heavy atom. The molecule has 0 aromatic carbocycles. The Morgan fingerprint density at radius 1 is 1.45 bits per heavy atom. The van der Waals surface area contributed by atoms with Crippen molar-refractivity contribution in [1.29, 1.82) is 0 Å². The van der Waals surface area contributed by atoms with Gasteiger partial charge < -0.3 is 10.1 Å². The number of aldehydes is 1. The van der Waals surface area contributed by atoms with Crippen LogP contribution in [0.2, 0.25) is 0 Å². The third kappa shape index (κ3) is 2.02. The molecule has 1 aliphatic rings. The van der Waals surface area contributed by atoms with E-state index in [9.17, 15) is 4.79 Å². The van der Waals surface area contributed by atoms with Crippen LogP contribution in [0, 0.1) is 11.8 Å². The first-order chi connectivity index (χ1) is 5.38. The minimum Gasteiger partial charge on any atom is -0.319 e. The Kier molecular flexibility index (Phi) is 3.05. The van der Waals surface area contributed by atoms with Crippen LogP contribution in [0.25, 0.3) is 0 Å². The number of nitrogens with one attached hydrogen (secondary N) is 1.